The van der Waals surface area contributed by atoms with Crippen molar-refractivity contribution in [3.63, 3.8) is 0 Å². The molecular weight excluding hydrogens is 380 g/mol. The van der Waals surface area contributed by atoms with E-state index in [1.807, 2.05) is 0 Å². The lowest BCUT2D eigenvalue weighted by Crippen LogP contribution is -2.49. The summed E-state index contributed by atoms with van der Waals surface area (Å²) in [6.45, 7) is 3.17. The summed E-state index contributed by atoms with van der Waals surface area (Å²) in [4.78, 5) is 25.9. The van der Waals surface area contributed by atoms with Crippen LogP contribution in [0.3, 0.4) is 0 Å². The molecule has 0 atom stereocenters. The van der Waals surface area contributed by atoms with Crippen LogP contribution < -0.4 is 10.6 Å². The van der Waals surface area contributed by atoms with Crippen LogP contribution in [-0.2, 0) is 14.8 Å². The Morgan fingerprint density at radius 3 is 2.65 bits per heavy atom. The van der Waals surface area contributed by atoms with Crippen molar-refractivity contribution >= 4 is 34.2 Å². The molecule has 1 aromatic rings. The molecule has 0 aromatic heterocycles. The number of amides is 2. The van der Waals surface area contributed by atoms with Crippen LogP contribution in [0.25, 0.3) is 0 Å². The Labute approximate surface area is 159 Å². The molecule has 0 saturated carbocycles. The molecule has 2 saturated heterocycles. The van der Waals surface area contributed by atoms with Gasteiger partial charge in [0.1, 0.15) is 0 Å². The maximum atomic E-state index is 12.7. The topological polar surface area (TPSA) is 98.8 Å². The first kappa shape index (κ1) is 20.6. The van der Waals surface area contributed by atoms with Crippen LogP contribution in [0, 0.1) is 0 Å². The SMILES string of the molecule is Cl.O=C1CN(S(=O)(=O)c2cccc(C(=O)N3CCCNCC3)c2)CCN1. The van der Waals surface area contributed by atoms with Gasteiger partial charge >= 0.3 is 0 Å². The first-order valence-corrected chi connectivity index (χ1v) is 9.79. The van der Waals surface area contributed by atoms with Crippen LogP contribution in [0.4, 0.5) is 0 Å². The summed E-state index contributed by atoms with van der Waals surface area (Å²) >= 11 is 0. The van der Waals surface area contributed by atoms with Crippen molar-refractivity contribution in [3.05, 3.63) is 29.8 Å². The molecule has 2 aliphatic rings. The lowest BCUT2D eigenvalue weighted by Gasteiger charge is -2.26. The highest BCUT2D eigenvalue weighted by Crippen LogP contribution is 2.19. The number of piperazine rings is 1. The Morgan fingerprint density at radius 2 is 1.88 bits per heavy atom. The van der Waals surface area contributed by atoms with Gasteiger partial charge in [-0.3, -0.25) is 9.59 Å². The van der Waals surface area contributed by atoms with E-state index in [-0.39, 0.29) is 48.8 Å². The molecule has 0 unspecified atom stereocenters. The normalized spacial score (nSPS) is 19.2. The van der Waals surface area contributed by atoms with Gasteiger partial charge < -0.3 is 15.5 Å². The first-order valence-electron chi connectivity index (χ1n) is 8.35. The molecule has 0 aliphatic carbocycles. The molecule has 0 bridgehead atoms. The molecule has 2 aliphatic heterocycles. The van der Waals surface area contributed by atoms with Gasteiger partial charge in [-0.25, -0.2) is 8.42 Å². The molecular formula is C16H23ClN4O4S. The number of carbonyl (C=O) groups is 2. The summed E-state index contributed by atoms with van der Waals surface area (Å²) < 4.78 is 26.6. The van der Waals surface area contributed by atoms with Crippen molar-refractivity contribution in [2.24, 2.45) is 0 Å². The van der Waals surface area contributed by atoms with Gasteiger partial charge in [0.05, 0.1) is 11.4 Å². The Morgan fingerprint density at radius 1 is 1.08 bits per heavy atom. The molecule has 2 heterocycles. The number of carbonyl (C=O) groups excluding carboxylic acids is 2. The van der Waals surface area contributed by atoms with Crippen LogP contribution in [0.15, 0.2) is 29.2 Å². The fraction of sp³-hybridized carbons (Fsp3) is 0.500. The predicted molar refractivity (Wildman–Crippen MR) is 98.8 cm³/mol. The number of nitrogens with one attached hydrogen (secondary N) is 2. The second-order valence-corrected chi connectivity index (χ2v) is 8.05. The van der Waals surface area contributed by atoms with E-state index in [1.54, 1.807) is 17.0 Å². The summed E-state index contributed by atoms with van der Waals surface area (Å²) in [6, 6.07) is 6.06. The Balaban J connectivity index is 0.00000243. The molecule has 26 heavy (non-hydrogen) atoms. The quantitative estimate of drug-likeness (QED) is 0.721. The number of nitrogens with zero attached hydrogens (tertiary/aromatic N) is 2. The van der Waals surface area contributed by atoms with Crippen LogP contribution in [0.5, 0.6) is 0 Å². The fourth-order valence-electron chi connectivity index (χ4n) is 2.99. The third-order valence-electron chi connectivity index (χ3n) is 4.35. The van der Waals surface area contributed by atoms with Gasteiger partial charge in [-0.1, -0.05) is 6.07 Å². The van der Waals surface area contributed by atoms with Gasteiger partial charge in [-0.05, 0) is 31.2 Å². The summed E-state index contributed by atoms with van der Waals surface area (Å²) in [5.74, 6) is -0.490. The van der Waals surface area contributed by atoms with Crippen molar-refractivity contribution in [3.8, 4) is 0 Å². The lowest BCUT2D eigenvalue weighted by molar-refractivity contribution is -0.122. The number of hydrogen-bond acceptors (Lipinski definition) is 5. The number of hydrogen-bond donors (Lipinski definition) is 2. The Bertz CT molecular complexity index is 763. The van der Waals surface area contributed by atoms with Crippen molar-refractivity contribution < 1.29 is 18.0 Å². The summed E-state index contributed by atoms with van der Waals surface area (Å²) in [5.41, 5.74) is 0.351. The van der Waals surface area contributed by atoms with Gasteiger partial charge in [-0.15, -0.1) is 12.4 Å². The van der Waals surface area contributed by atoms with Crippen LogP contribution >= 0.6 is 12.4 Å². The first-order chi connectivity index (χ1) is 12.0. The highest BCUT2D eigenvalue weighted by Gasteiger charge is 2.30. The summed E-state index contributed by atoms with van der Waals surface area (Å²) in [5, 5.41) is 5.83. The Hall–Kier alpha value is -1.68. The van der Waals surface area contributed by atoms with Gasteiger partial charge in [0.25, 0.3) is 5.91 Å². The van der Waals surface area contributed by atoms with E-state index in [9.17, 15) is 18.0 Å². The summed E-state index contributed by atoms with van der Waals surface area (Å²) in [6.07, 6.45) is 0.868. The van der Waals surface area contributed by atoms with Gasteiger partial charge in [0, 0.05) is 38.3 Å². The average Bonchev–Trinajstić information content (AvgIpc) is 2.90. The van der Waals surface area contributed by atoms with E-state index < -0.39 is 10.0 Å². The molecule has 2 amide bonds. The second kappa shape index (κ2) is 8.81. The minimum atomic E-state index is -3.80. The summed E-state index contributed by atoms with van der Waals surface area (Å²) in [7, 11) is -3.80. The molecule has 3 rings (SSSR count). The van der Waals surface area contributed by atoms with Crippen molar-refractivity contribution in [1.82, 2.24) is 19.8 Å². The van der Waals surface area contributed by atoms with E-state index >= 15 is 0 Å². The van der Waals surface area contributed by atoms with Gasteiger partial charge in [-0.2, -0.15) is 4.31 Å². The van der Waals surface area contributed by atoms with E-state index in [2.05, 4.69) is 10.6 Å². The number of halogens is 1. The minimum absolute atomic E-state index is 0. The number of rotatable bonds is 3. The molecule has 10 heteroatoms. The number of sulfonamides is 1. The molecule has 0 radical (unpaired) electrons. The highest BCUT2D eigenvalue weighted by atomic mass is 35.5. The van der Waals surface area contributed by atoms with Crippen LogP contribution in [0.2, 0.25) is 0 Å². The van der Waals surface area contributed by atoms with E-state index in [4.69, 9.17) is 0 Å². The molecule has 2 fully saturated rings. The molecule has 2 N–H and O–H groups in total. The van der Waals surface area contributed by atoms with E-state index in [0.717, 1.165) is 23.8 Å². The zero-order chi connectivity index (χ0) is 17.9. The Kier molecular flexibility index (Phi) is 6.99. The third kappa shape index (κ3) is 4.53. The third-order valence-corrected chi connectivity index (χ3v) is 6.19. The van der Waals surface area contributed by atoms with Crippen molar-refractivity contribution in [2.75, 3.05) is 45.8 Å². The maximum absolute atomic E-state index is 12.7. The van der Waals surface area contributed by atoms with Crippen LogP contribution in [0.1, 0.15) is 16.8 Å². The molecule has 0 spiro atoms. The van der Waals surface area contributed by atoms with E-state index in [1.165, 1.54) is 12.1 Å². The van der Waals surface area contributed by atoms with Gasteiger partial charge in [0.15, 0.2) is 0 Å². The van der Waals surface area contributed by atoms with E-state index in [0.29, 0.717) is 18.7 Å². The minimum Gasteiger partial charge on any atom is -0.354 e. The molecule has 1 aromatic carbocycles. The van der Waals surface area contributed by atoms with Crippen molar-refractivity contribution in [1.29, 1.82) is 0 Å². The average molecular weight is 403 g/mol. The van der Waals surface area contributed by atoms with Crippen LogP contribution in [-0.4, -0.2) is 75.3 Å². The largest absolute Gasteiger partial charge is 0.354 e. The lowest BCUT2D eigenvalue weighted by atomic mass is 10.2. The smallest absolute Gasteiger partial charge is 0.253 e. The van der Waals surface area contributed by atoms with Crippen molar-refractivity contribution in [2.45, 2.75) is 11.3 Å². The fourth-order valence-corrected chi connectivity index (χ4v) is 4.43. The highest BCUT2D eigenvalue weighted by molar-refractivity contribution is 7.89. The molecule has 8 nitrogen and oxygen atoms in total. The zero-order valence-corrected chi connectivity index (χ0v) is 15.9. The number of benzene rings is 1. The predicted octanol–water partition coefficient (Wildman–Crippen LogP) is -0.336. The zero-order valence-electron chi connectivity index (χ0n) is 14.3. The maximum Gasteiger partial charge on any atom is 0.253 e. The molecule has 144 valence electrons. The van der Waals surface area contributed by atoms with Gasteiger partial charge in [0.2, 0.25) is 15.9 Å². The second-order valence-electron chi connectivity index (χ2n) is 6.11. The monoisotopic (exact) mass is 402 g/mol. The standard InChI is InChI=1S/C16H22N4O4S.ClH/c21-15-12-20(10-7-18-15)25(23,24)14-4-1-3-13(11-14)16(22)19-8-2-5-17-6-9-19;/h1,3-4,11,17H,2,5-10,12H2,(H,18,21);1H.